The zero-order chi connectivity index (χ0) is 6.73. The molecule has 0 saturated carbocycles. The molecular weight excluding hydrogens is 110 g/mol. The maximum atomic E-state index is 9.63. The van der Waals surface area contributed by atoms with E-state index in [1.807, 2.05) is 0 Å². The minimum absolute atomic E-state index is 0.565. The first-order chi connectivity index (χ1) is 3.55. The van der Waals surface area contributed by atoms with Crippen LogP contribution in [-0.2, 0) is 0 Å². The van der Waals surface area contributed by atoms with E-state index in [1.165, 1.54) is 0 Å². The molecule has 0 amide bonds. The fraction of sp³-hybridized carbons (Fsp3) is 0. The molecule has 0 spiro atoms. The van der Waals surface area contributed by atoms with Gasteiger partial charge in [0.25, 0.3) is 0 Å². The molecule has 4 heteroatoms. The van der Waals surface area contributed by atoms with Crippen molar-refractivity contribution in [2.24, 2.45) is 0 Å². The lowest BCUT2D eigenvalue weighted by Crippen LogP contribution is -1.97. The van der Waals surface area contributed by atoms with Crippen LogP contribution in [0.4, 0.5) is 0 Å². The highest BCUT2D eigenvalue weighted by Crippen LogP contribution is 1.98. The molecule has 0 aliphatic rings. The molecule has 0 aliphatic heterocycles. The van der Waals surface area contributed by atoms with Crippen LogP contribution in [0.5, 0.6) is 0 Å². The summed E-state index contributed by atoms with van der Waals surface area (Å²) in [5, 5.41) is 17.9. The number of aliphatic hydroxyl groups is 1. The Balaban J connectivity index is 4.05. The van der Waals surface area contributed by atoms with Crippen molar-refractivity contribution >= 4 is 0 Å². The van der Waals surface area contributed by atoms with E-state index in [9.17, 15) is 10.1 Å². The first kappa shape index (κ1) is 6.68. The van der Waals surface area contributed by atoms with E-state index in [1.54, 1.807) is 0 Å². The predicted octanol–water partition coefficient (Wildman–Crippen LogP) is 0.848. The van der Waals surface area contributed by atoms with Crippen molar-refractivity contribution in [3.05, 3.63) is 34.7 Å². The van der Waals surface area contributed by atoms with Crippen LogP contribution in [0.15, 0.2) is 24.6 Å². The molecule has 0 bridgehead atoms. The molecule has 44 valence electrons. The molecule has 0 aromatic carbocycles. The average Bonchev–Trinajstić information content (AvgIpc) is 1.64. The van der Waals surface area contributed by atoms with Crippen molar-refractivity contribution in [1.29, 1.82) is 0 Å². The Morgan fingerprint density at radius 2 is 2.00 bits per heavy atom. The molecule has 0 aromatic heterocycles. The summed E-state index contributed by atoms with van der Waals surface area (Å²) in [5.74, 6) is -0.602. The fourth-order valence-corrected chi connectivity index (χ4v) is 0.105. The lowest BCUT2D eigenvalue weighted by molar-refractivity contribution is -0.423. The molecule has 0 rings (SSSR count). The molecule has 0 atom stereocenters. The van der Waals surface area contributed by atoms with Crippen molar-refractivity contribution in [3.8, 4) is 0 Å². The van der Waals surface area contributed by atoms with Crippen molar-refractivity contribution in [3.63, 3.8) is 0 Å². The number of hydrogen-bond donors (Lipinski definition) is 1. The summed E-state index contributed by atoms with van der Waals surface area (Å²) in [7, 11) is 0. The summed E-state index contributed by atoms with van der Waals surface area (Å²) < 4.78 is 0. The van der Waals surface area contributed by atoms with Crippen LogP contribution in [-0.4, -0.2) is 10.0 Å². The molecule has 0 unspecified atom stereocenters. The summed E-state index contributed by atoms with van der Waals surface area (Å²) in [6, 6.07) is 0. The van der Waals surface area contributed by atoms with Gasteiger partial charge >= 0.3 is 5.70 Å². The fourth-order valence-electron chi connectivity index (χ4n) is 0.105. The van der Waals surface area contributed by atoms with Gasteiger partial charge in [0, 0.05) is 0 Å². The molecule has 0 fully saturated rings. The van der Waals surface area contributed by atoms with Gasteiger partial charge in [-0.25, -0.2) is 0 Å². The SMILES string of the molecule is C=C(O)C(=C)[N+](=O)[O-]. The van der Waals surface area contributed by atoms with Crippen LogP contribution in [0.25, 0.3) is 0 Å². The highest BCUT2D eigenvalue weighted by molar-refractivity contribution is 5.08. The average molecular weight is 115 g/mol. The predicted molar refractivity (Wildman–Crippen MR) is 27.9 cm³/mol. The molecule has 0 heterocycles. The third-order valence-electron chi connectivity index (χ3n) is 0.554. The lowest BCUT2D eigenvalue weighted by Gasteiger charge is -1.88. The summed E-state index contributed by atoms with van der Waals surface area (Å²) in [6.45, 7) is 5.80. The van der Waals surface area contributed by atoms with Gasteiger partial charge in [0.05, 0.1) is 4.92 Å². The normalized spacial score (nSPS) is 8.00. The smallest absolute Gasteiger partial charge is 0.302 e. The zero-order valence-corrected chi connectivity index (χ0v) is 4.13. The molecule has 0 radical (unpaired) electrons. The number of aliphatic hydroxyl groups excluding tert-OH is 1. The van der Waals surface area contributed by atoms with E-state index in [-0.39, 0.29) is 0 Å². The molecular formula is C4H5NO3. The molecule has 0 aliphatic carbocycles. The summed E-state index contributed by atoms with van der Waals surface area (Å²) in [6.07, 6.45) is 0. The number of hydrogen-bond acceptors (Lipinski definition) is 3. The highest BCUT2D eigenvalue weighted by Gasteiger charge is 2.07. The number of rotatable bonds is 2. The van der Waals surface area contributed by atoms with Gasteiger partial charge in [-0.15, -0.1) is 0 Å². The van der Waals surface area contributed by atoms with E-state index in [0.717, 1.165) is 0 Å². The third kappa shape index (κ3) is 1.42. The Labute approximate surface area is 45.9 Å². The van der Waals surface area contributed by atoms with Gasteiger partial charge in [0.15, 0.2) is 5.76 Å². The first-order valence-electron chi connectivity index (χ1n) is 1.77. The largest absolute Gasteiger partial charge is 0.503 e. The van der Waals surface area contributed by atoms with E-state index in [0.29, 0.717) is 0 Å². The van der Waals surface area contributed by atoms with E-state index in [4.69, 9.17) is 5.11 Å². The van der Waals surface area contributed by atoms with Crippen LogP contribution >= 0.6 is 0 Å². The Hall–Kier alpha value is -1.32. The van der Waals surface area contributed by atoms with Gasteiger partial charge in [0.1, 0.15) is 0 Å². The Bertz CT molecular complexity index is 133. The van der Waals surface area contributed by atoms with E-state index >= 15 is 0 Å². The van der Waals surface area contributed by atoms with Crippen molar-refractivity contribution in [2.45, 2.75) is 0 Å². The molecule has 0 saturated heterocycles. The maximum Gasteiger partial charge on any atom is 0.302 e. The van der Waals surface area contributed by atoms with Gasteiger partial charge in [0.2, 0.25) is 0 Å². The van der Waals surface area contributed by atoms with E-state index < -0.39 is 16.4 Å². The highest BCUT2D eigenvalue weighted by atomic mass is 16.6. The summed E-state index contributed by atoms with van der Waals surface area (Å²) in [5.41, 5.74) is -0.565. The Morgan fingerprint density at radius 3 is 2.00 bits per heavy atom. The second-order valence-electron chi connectivity index (χ2n) is 1.15. The van der Waals surface area contributed by atoms with Gasteiger partial charge < -0.3 is 5.11 Å². The lowest BCUT2D eigenvalue weighted by atomic mass is 10.4. The molecule has 0 aromatic rings. The van der Waals surface area contributed by atoms with Crippen molar-refractivity contribution in [2.75, 3.05) is 0 Å². The zero-order valence-electron chi connectivity index (χ0n) is 4.13. The quantitative estimate of drug-likeness (QED) is 0.251. The van der Waals surface area contributed by atoms with Crippen molar-refractivity contribution < 1.29 is 10.0 Å². The monoisotopic (exact) mass is 115 g/mol. The van der Waals surface area contributed by atoms with E-state index in [2.05, 4.69) is 13.2 Å². The van der Waals surface area contributed by atoms with Crippen LogP contribution in [0.2, 0.25) is 0 Å². The van der Waals surface area contributed by atoms with Gasteiger partial charge in [-0.2, -0.15) is 0 Å². The second kappa shape index (κ2) is 2.11. The Kier molecular flexibility index (Phi) is 1.76. The number of nitrogens with zero attached hydrogens (tertiary/aromatic N) is 1. The molecule has 8 heavy (non-hydrogen) atoms. The summed E-state index contributed by atoms with van der Waals surface area (Å²) >= 11 is 0. The first-order valence-corrected chi connectivity index (χ1v) is 1.77. The van der Waals surface area contributed by atoms with Crippen LogP contribution in [0.1, 0.15) is 0 Å². The number of nitro groups is 1. The van der Waals surface area contributed by atoms with Crippen LogP contribution in [0.3, 0.4) is 0 Å². The molecule has 1 N–H and O–H groups in total. The van der Waals surface area contributed by atoms with Crippen LogP contribution in [0, 0.1) is 10.1 Å². The minimum atomic E-state index is -0.803. The van der Waals surface area contributed by atoms with Gasteiger partial charge in [-0.1, -0.05) is 0 Å². The topological polar surface area (TPSA) is 63.4 Å². The van der Waals surface area contributed by atoms with Gasteiger partial charge in [-0.05, 0) is 13.2 Å². The maximum absolute atomic E-state index is 9.63. The standard InChI is InChI=1S/C4H5NO3/c1-3(4(2)6)5(7)8/h6H,1-2H2. The summed E-state index contributed by atoms with van der Waals surface area (Å²) in [4.78, 5) is 8.82. The third-order valence-corrected chi connectivity index (χ3v) is 0.554. The van der Waals surface area contributed by atoms with Crippen LogP contribution < -0.4 is 0 Å². The Morgan fingerprint density at radius 1 is 1.62 bits per heavy atom. The van der Waals surface area contributed by atoms with Crippen molar-refractivity contribution in [1.82, 2.24) is 0 Å². The minimum Gasteiger partial charge on any atom is -0.503 e. The second-order valence-corrected chi connectivity index (χ2v) is 1.15. The molecule has 4 nitrogen and oxygen atoms in total. The van der Waals surface area contributed by atoms with Gasteiger partial charge in [-0.3, -0.25) is 10.1 Å².